The summed E-state index contributed by atoms with van der Waals surface area (Å²) < 4.78 is 1.70. The molecule has 0 fully saturated rings. The van der Waals surface area contributed by atoms with Gasteiger partial charge in [0.25, 0.3) is 0 Å². The minimum absolute atomic E-state index is 0.137. The van der Waals surface area contributed by atoms with Gasteiger partial charge >= 0.3 is 0 Å². The van der Waals surface area contributed by atoms with Crippen molar-refractivity contribution in [3.63, 3.8) is 0 Å². The zero-order valence-electron chi connectivity index (χ0n) is 8.64. The standard InChI is InChI=1S/C10H10Cl2N4/c1-7(11)10-6-16(15-14-10)5-8-2-3-13-4-9(8)12/h2-4,6-7H,5H2,1H3. The van der Waals surface area contributed by atoms with Crippen molar-refractivity contribution >= 4 is 23.2 Å². The molecule has 2 aromatic heterocycles. The van der Waals surface area contributed by atoms with E-state index in [1.807, 2.05) is 19.2 Å². The molecular formula is C10H10Cl2N4. The monoisotopic (exact) mass is 256 g/mol. The van der Waals surface area contributed by atoms with Gasteiger partial charge in [-0.25, -0.2) is 4.68 Å². The quantitative estimate of drug-likeness (QED) is 0.794. The third-order valence-electron chi connectivity index (χ3n) is 2.15. The zero-order chi connectivity index (χ0) is 11.5. The third-order valence-corrected chi connectivity index (χ3v) is 2.72. The first-order valence-corrected chi connectivity index (χ1v) is 5.60. The van der Waals surface area contributed by atoms with E-state index >= 15 is 0 Å². The number of aromatic nitrogens is 4. The van der Waals surface area contributed by atoms with Gasteiger partial charge in [0.2, 0.25) is 0 Å². The Labute approximate surface area is 103 Å². The maximum absolute atomic E-state index is 5.99. The van der Waals surface area contributed by atoms with E-state index in [-0.39, 0.29) is 5.38 Å². The van der Waals surface area contributed by atoms with Crippen molar-refractivity contribution in [1.29, 1.82) is 0 Å². The van der Waals surface area contributed by atoms with Gasteiger partial charge in [-0.05, 0) is 18.6 Å². The number of nitrogens with zero attached hydrogens (tertiary/aromatic N) is 4. The van der Waals surface area contributed by atoms with Crippen molar-refractivity contribution in [2.75, 3.05) is 0 Å². The van der Waals surface area contributed by atoms with E-state index in [0.29, 0.717) is 11.6 Å². The fraction of sp³-hybridized carbons (Fsp3) is 0.300. The van der Waals surface area contributed by atoms with Crippen LogP contribution in [-0.4, -0.2) is 20.0 Å². The van der Waals surface area contributed by atoms with Crippen LogP contribution in [0.15, 0.2) is 24.7 Å². The highest BCUT2D eigenvalue weighted by atomic mass is 35.5. The summed E-state index contributed by atoms with van der Waals surface area (Å²) in [5.41, 5.74) is 1.71. The van der Waals surface area contributed by atoms with Gasteiger partial charge in [-0.3, -0.25) is 4.98 Å². The lowest BCUT2D eigenvalue weighted by molar-refractivity contribution is 0.649. The topological polar surface area (TPSA) is 43.6 Å². The number of hydrogen-bond donors (Lipinski definition) is 0. The van der Waals surface area contributed by atoms with Crippen LogP contribution in [0, 0.1) is 0 Å². The van der Waals surface area contributed by atoms with Crippen LogP contribution < -0.4 is 0 Å². The molecule has 0 aliphatic carbocycles. The summed E-state index contributed by atoms with van der Waals surface area (Å²) in [7, 11) is 0. The molecule has 1 unspecified atom stereocenters. The molecule has 1 atom stereocenters. The van der Waals surface area contributed by atoms with Crippen molar-refractivity contribution in [1.82, 2.24) is 20.0 Å². The summed E-state index contributed by atoms with van der Waals surface area (Å²) in [6.45, 7) is 2.42. The molecule has 0 bridgehead atoms. The minimum atomic E-state index is -0.137. The molecule has 84 valence electrons. The van der Waals surface area contributed by atoms with Crippen LogP contribution in [0.2, 0.25) is 5.02 Å². The lowest BCUT2D eigenvalue weighted by atomic mass is 10.3. The molecule has 16 heavy (non-hydrogen) atoms. The van der Waals surface area contributed by atoms with Crippen LogP contribution in [0.5, 0.6) is 0 Å². The Bertz CT molecular complexity index is 481. The molecule has 6 heteroatoms. The van der Waals surface area contributed by atoms with Crippen LogP contribution in [0.25, 0.3) is 0 Å². The van der Waals surface area contributed by atoms with Crippen molar-refractivity contribution < 1.29 is 0 Å². The molecule has 2 rings (SSSR count). The molecule has 4 nitrogen and oxygen atoms in total. The summed E-state index contributed by atoms with van der Waals surface area (Å²) in [6, 6.07) is 1.85. The van der Waals surface area contributed by atoms with E-state index < -0.39 is 0 Å². The normalized spacial score (nSPS) is 12.7. The number of rotatable bonds is 3. The Balaban J connectivity index is 2.18. The summed E-state index contributed by atoms with van der Waals surface area (Å²) in [6.07, 6.45) is 5.12. The van der Waals surface area contributed by atoms with E-state index in [0.717, 1.165) is 11.3 Å². The summed E-state index contributed by atoms with van der Waals surface area (Å²) >= 11 is 11.9. The second-order valence-corrected chi connectivity index (χ2v) is 4.49. The highest BCUT2D eigenvalue weighted by Crippen LogP contribution is 2.17. The van der Waals surface area contributed by atoms with Gasteiger partial charge in [-0.1, -0.05) is 16.8 Å². The van der Waals surface area contributed by atoms with Gasteiger partial charge in [0.1, 0.15) is 5.69 Å². The Morgan fingerprint density at radius 2 is 2.31 bits per heavy atom. The van der Waals surface area contributed by atoms with Crippen LogP contribution in [0.3, 0.4) is 0 Å². The average molecular weight is 257 g/mol. The molecule has 0 saturated heterocycles. The van der Waals surface area contributed by atoms with Crippen molar-refractivity contribution in [3.05, 3.63) is 40.9 Å². The fourth-order valence-electron chi connectivity index (χ4n) is 1.28. The van der Waals surface area contributed by atoms with E-state index in [1.54, 1.807) is 17.1 Å². The van der Waals surface area contributed by atoms with Crippen molar-refractivity contribution in [3.8, 4) is 0 Å². The molecule has 0 saturated carbocycles. The molecule has 0 N–H and O–H groups in total. The fourth-order valence-corrected chi connectivity index (χ4v) is 1.56. The minimum Gasteiger partial charge on any atom is -0.263 e. The number of halogens is 2. The molecule has 2 aromatic rings. The highest BCUT2D eigenvalue weighted by Gasteiger charge is 2.07. The second-order valence-electron chi connectivity index (χ2n) is 3.42. The number of alkyl halides is 1. The number of hydrogen-bond acceptors (Lipinski definition) is 3. The molecule has 2 heterocycles. The smallest absolute Gasteiger partial charge is 0.100 e. The Hall–Kier alpha value is -1.13. The van der Waals surface area contributed by atoms with E-state index in [1.165, 1.54) is 0 Å². The van der Waals surface area contributed by atoms with E-state index in [2.05, 4.69) is 15.3 Å². The SMILES string of the molecule is CC(Cl)c1cn(Cc2ccncc2Cl)nn1. The molecule has 0 aliphatic heterocycles. The molecule has 0 aromatic carbocycles. The van der Waals surface area contributed by atoms with Gasteiger partial charge in [0.05, 0.1) is 23.1 Å². The largest absolute Gasteiger partial charge is 0.263 e. The maximum atomic E-state index is 5.99. The predicted octanol–water partition coefficient (Wildman–Crippen LogP) is 2.67. The number of pyridine rings is 1. The van der Waals surface area contributed by atoms with Gasteiger partial charge in [-0.15, -0.1) is 16.7 Å². The van der Waals surface area contributed by atoms with Crippen LogP contribution in [0.1, 0.15) is 23.6 Å². The van der Waals surface area contributed by atoms with Crippen molar-refractivity contribution in [2.45, 2.75) is 18.8 Å². The third kappa shape index (κ3) is 2.51. The Morgan fingerprint density at radius 3 is 2.94 bits per heavy atom. The van der Waals surface area contributed by atoms with Gasteiger partial charge < -0.3 is 0 Å². The van der Waals surface area contributed by atoms with Crippen LogP contribution >= 0.6 is 23.2 Å². The molecule has 0 amide bonds. The summed E-state index contributed by atoms with van der Waals surface area (Å²) in [4.78, 5) is 3.92. The first-order chi connectivity index (χ1) is 7.66. The maximum Gasteiger partial charge on any atom is 0.100 e. The lowest BCUT2D eigenvalue weighted by Gasteiger charge is -2.02. The lowest BCUT2D eigenvalue weighted by Crippen LogP contribution is -2.01. The first kappa shape index (κ1) is 11.4. The van der Waals surface area contributed by atoms with E-state index in [9.17, 15) is 0 Å². The van der Waals surface area contributed by atoms with E-state index in [4.69, 9.17) is 23.2 Å². The van der Waals surface area contributed by atoms with Crippen molar-refractivity contribution in [2.24, 2.45) is 0 Å². The molecule has 0 aliphatic rings. The zero-order valence-corrected chi connectivity index (χ0v) is 10.2. The summed E-state index contributed by atoms with van der Waals surface area (Å²) in [5.74, 6) is 0. The highest BCUT2D eigenvalue weighted by molar-refractivity contribution is 6.31. The first-order valence-electron chi connectivity index (χ1n) is 4.79. The van der Waals surface area contributed by atoms with Gasteiger partial charge in [-0.2, -0.15) is 0 Å². The van der Waals surface area contributed by atoms with Gasteiger partial charge in [0, 0.05) is 12.4 Å². The Kier molecular flexibility index (Phi) is 3.41. The second kappa shape index (κ2) is 4.80. The average Bonchev–Trinajstić information content (AvgIpc) is 2.70. The predicted molar refractivity (Wildman–Crippen MR) is 62.6 cm³/mol. The molecule has 0 spiro atoms. The molecule has 0 radical (unpaired) electrons. The van der Waals surface area contributed by atoms with Crippen LogP contribution in [0.4, 0.5) is 0 Å². The van der Waals surface area contributed by atoms with Crippen LogP contribution in [-0.2, 0) is 6.54 Å². The summed E-state index contributed by atoms with van der Waals surface area (Å²) in [5, 5.41) is 8.43. The molecular weight excluding hydrogens is 247 g/mol. The Morgan fingerprint density at radius 1 is 1.50 bits per heavy atom. The van der Waals surface area contributed by atoms with Gasteiger partial charge in [0.15, 0.2) is 0 Å².